The highest BCUT2D eigenvalue weighted by Crippen LogP contribution is 2.11. The smallest absolute Gasteiger partial charge is 0.210 e. The minimum absolute atomic E-state index is 0.0644. The van der Waals surface area contributed by atoms with Gasteiger partial charge in [-0.05, 0) is 12.2 Å². The molecule has 0 atom stereocenters. The van der Waals surface area contributed by atoms with Crippen LogP contribution in [0.5, 0.6) is 0 Å². The molecule has 2 heterocycles. The van der Waals surface area contributed by atoms with Gasteiger partial charge in [-0.15, -0.1) is 0 Å². The fraction of sp³-hybridized carbons (Fsp3) is 0.250. The van der Waals surface area contributed by atoms with Gasteiger partial charge in [0.15, 0.2) is 22.5 Å². The lowest BCUT2D eigenvalue weighted by atomic mass is 10.4. The first-order valence-corrected chi connectivity index (χ1v) is 4.94. The predicted molar refractivity (Wildman–Crippen MR) is 56.7 cm³/mol. The second-order valence-corrected chi connectivity index (χ2v) is 3.42. The van der Waals surface area contributed by atoms with Crippen molar-refractivity contribution >= 4 is 12.2 Å². The van der Waals surface area contributed by atoms with Crippen molar-refractivity contribution in [3.8, 4) is 11.5 Å². The maximum absolute atomic E-state index is 11.1. The summed E-state index contributed by atoms with van der Waals surface area (Å²) in [7, 11) is 0. The van der Waals surface area contributed by atoms with Gasteiger partial charge in [0.25, 0.3) is 0 Å². The Kier molecular flexibility index (Phi) is 2.93. The highest BCUT2D eigenvalue weighted by atomic mass is 32.1. The summed E-state index contributed by atoms with van der Waals surface area (Å²) < 4.78 is 2.59. The topological polar surface area (TPSA) is 93.7 Å². The Morgan fingerprint density at radius 2 is 2.44 bits per heavy atom. The van der Waals surface area contributed by atoms with Crippen LogP contribution in [0.3, 0.4) is 0 Å². The maximum Gasteiger partial charge on any atom is 0.210 e. The second-order valence-electron chi connectivity index (χ2n) is 3.03. The van der Waals surface area contributed by atoms with Crippen LogP contribution in [0.15, 0.2) is 18.6 Å². The molecule has 0 spiro atoms. The van der Waals surface area contributed by atoms with E-state index in [1.54, 1.807) is 4.57 Å². The van der Waals surface area contributed by atoms with Crippen molar-refractivity contribution < 1.29 is 9.84 Å². The summed E-state index contributed by atoms with van der Waals surface area (Å²) in [5, 5.41) is 26.5. The number of aromatic amines is 1. The van der Waals surface area contributed by atoms with Crippen LogP contribution in [-0.4, -0.2) is 31.5 Å². The zero-order valence-electron chi connectivity index (χ0n) is 8.20. The molecule has 84 valence electrons. The molecule has 2 N–H and O–H groups in total. The van der Waals surface area contributed by atoms with Crippen molar-refractivity contribution in [2.75, 3.05) is 6.61 Å². The molecule has 0 radical (unpaired) electrons. The highest BCUT2D eigenvalue weighted by Gasteiger charge is 2.11. The SMILES string of the molecule is [O-][n+]1ccnc(-c2n[nH]c(=S)n2CCO)c1. The molecular formula is C8H9N5O2S. The molecule has 0 aliphatic rings. The maximum atomic E-state index is 11.1. The van der Waals surface area contributed by atoms with Crippen molar-refractivity contribution in [3.05, 3.63) is 28.6 Å². The molecule has 0 aliphatic heterocycles. The Bertz CT molecular complexity index is 549. The first-order chi connectivity index (χ1) is 7.72. The van der Waals surface area contributed by atoms with Crippen LogP contribution in [0.25, 0.3) is 11.5 Å². The van der Waals surface area contributed by atoms with Gasteiger partial charge in [0.1, 0.15) is 0 Å². The van der Waals surface area contributed by atoms with E-state index in [1.807, 2.05) is 0 Å². The Balaban J connectivity index is 2.51. The third kappa shape index (κ3) is 1.92. The van der Waals surface area contributed by atoms with Gasteiger partial charge in [-0.1, -0.05) is 0 Å². The van der Waals surface area contributed by atoms with Crippen LogP contribution in [0.1, 0.15) is 0 Å². The molecule has 0 saturated heterocycles. The predicted octanol–water partition coefficient (Wildman–Crippen LogP) is -0.372. The number of aromatic nitrogens is 5. The average Bonchev–Trinajstić information content (AvgIpc) is 2.61. The highest BCUT2D eigenvalue weighted by molar-refractivity contribution is 7.71. The summed E-state index contributed by atoms with van der Waals surface area (Å²) in [6.45, 7) is 0.241. The lowest BCUT2D eigenvalue weighted by molar-refractivity contribution is -0.605. The number of hydrogen-bond donors (Lipinski definition) is 2. The number of rotatable bonds is 3. The summed E-state index contributed by atoms with van der Waals surface area (Å²) in [5.74, 6) is 0.434. The molecule has 0 saturated carbocycles. The third-order valence-electron chi connectivity index (χ3n) is 1.99. The van der Waals surface area contributed by atoms with Crippen LogP contribution < -0.4 is 4.73 Å². The number of aliphatic hydroxyl groups excluding tert-OH is 1. The van der Waals surface area contributed by atoms with Crippen LogP contribution in [0, 0.1) is 9.98 Å². The van der Waals surface area contributed by atoms with E-state index in [4.69, 9.17) is 17.3 Å². The summed E-state index contributed by atoms with van der Waals surface area (Å²) in [4.78, 5) is 4.01. The quantitative estimate of drug-likeness (QED) is 0.433. The van der Waals surface area contributed by atoms with E-state index in [0.717, 1.165) is 0 Å². The number of H-pyrrole nitrogens is 1. The summed E-state index contributed by atoms with van der Waals surface area (Å²) in [6.07, 6.45) is 3.95. The van der Waals surface area contributed by atoms with Gasteiger partial charge < -0.3 is 10.3 Å². The van der Waals surface area contributed by atoms with E-state index in [9.17, 15) is 5.21 Å². The molecule has 0 bridgehead atoms. The molecule has 2 aromatic rings. The molecule has 7 nitrogen and oxygen atoms in total. The zero-order valence-corrected chi connectivity index (χ0v) is 9.02. The molecule has 16 heavy (non-hydrogen) atoms. The van der Waals surface area contributed by atoms with E-state index in [-0.39, 0.29) is 6.61 Å². The molecule has 2 aromatic heterocycles. The Morgan fingerprint density at radius 3 is 3.12 bits per heavy atom. The monoisotopic (exact) mass is 239 g/mol. The van der Waals surface area contributed by atoms with Crippen molar-refractivity contribution in [1.82, 2.24) is 19.7 Å². The van der Waals surface area contributed by atoms with E-state index >= 15 is 0 Å². The van der Waals surface area contributed by atoms with Gasteiger partial charge in [-0.25, -0.2) is 4.98 Å². The molecule has 0 aromatic carbocycles. The number of aliphatic hydroxyl groups is 1. The van der Waals surface area contributed by atoms with Gasteiger partial charge >= 0.3 is 0 Å². The van der Waals surface area contributed by atoms with Crippen molar-refractivity contribution in [3.63, 3.8) is 0 Å². The largest absolute Gasteiger partial charge is 0.619 e. The van der Waals surface area contributed by atoms with Crippen molar-refractivity contribution in [1.29, 1.82) is 0 Å². The van der Waals surface area contributed by atoms with E-state index in [1.165, 1.54) is 18.6 Å². The molecule has 8 heteroatoms. The molecule has 0 fully saturated rings. The first-order valence-electron chi connectivity index (χ1n) is 4.53. The molecule has 0 unspecified atom stereocenters. The van der Waals surface area contributed by atoms with Gasteiger partial charge in [0, 0.05) is 0 Å². The lowest BCUT2D eigenvalue weighted by Crippen LogP contribution is -2.25. The van der Waals surface area contributed by atoms with Gasteiger partial charge in [0.05, 0.1) is 19.3 Å². The molecular weight excluding hydrogens is 230 g/mol. The Labute approximate surface area is 95.6 Å². The standard InChI is InChI=1S/C8H9N5O2S/c14-4-3-13-7(10-11-8(13)16)6-5-12(15)2-1-9-6/h1-2,5,14H,3-4H2,(H,11,16). The number of hydrogen-bond acceptors (Lipinski definition) is 5. The summed E-state index contributed by atoms with van der Waals surface area (Å²) >= 11 is 4.99. The van der Waals surface area contributed by atoms with Gasteiger partial charge in [0.2, 0.25) is 6.20 Å². The normalized spacial score (nSPS) is 10.6. The molecule has 2 rings (SSSR count). The average molecular weight is 239 g/mol. The lowest BCUT2D eigenvalue weighted by Gasteiger charge is -2.03. The van der Waals surface area contributed by atoms with E-state index in [0.29, 0.717) is 27.6 Å². The van der Waals surface area contributed by atoms with Gasteiger partial charge in [-0.3, -0.25) is 9.67 Å². The third-order valence-corrected chi connectivity index (χ3v) is 2.30. The second kappa shape index (κ2) is 4.37. The van der Waals surface area contributed by atoms with Crippen molar-refractivity contribution in [2.24, 2.45) is 0 Å². The first kappa shape index (κ1) is 10.7. The summed E-state index contributed by atoms with van der Waals surface area (Å²) in [5.41, 5.74) is 0.401. The number of nitrogens with one attached hydrogen (secondary N) is 1. The molecule has 0 aliphatic carbocycles. The molecule has 0 amide bonds. The van der Waals surface area contributed by atoms with E-state index in [2.05, 4.69) is 15.2 Å². The van der Waals surface area contributed by atoms with Crippen LogP contribution in [-0.2, 0) is 6.54 Å². The Morgan fingerprint density at radius 1 is 1.62 bits per heavy atom. The zero-order chi connectivity index (χ0) is 11.5. The van der Waals surface area contributed by atoms with Crippen LogP contribution in [0.2, 0.25) is 0 Å². The minimum Gasteiger partial charge on any atom is -0.619 e. The minimum atomic E-state index is -0.0644. The van der Waals surface area contributed by atoms with Crippen LogP contribution >= 0.6 is 12.2 Å². The summed E-state index contributed by atoms with van der Waals surface area (Å²) in [6, 6.07) is 0. The number of nitrogens with zero attached hydrogens (tertiary/aromatic N) is 4. The Hall–Kier alpha value is -1.80. The fourth-order valence-corrected chi connectivity index (χ4v) is 1.54. The van der Waals surface area contributed by atoms with Crippen molar-refractivity contribution in [2.45, 2.75) is 6.54 Å². The van der Waals surface area contributed by atoms with Crippen LogP contribution in [0.4, 0.5) is 0 Å². The fourth-order valence-electron chi connectivity index (χ4n) is 1.31. The van der Waals surface area contributed by atoms with E-state index < -0.39 is 0 Å². The van der Waals surface area contributed by atoms with Gasteiger partial charge in [-0.2, -0.15) is 9.83 Å².